The first-order chi connectivity index (χ1) is 8.23. The molecule has 0 heterocycles. The highest BCUT2D eigenvalue weighted by Crippen LogP contribution is 2.43. The Morgan fingerprint density at radius 1 is 1.17 bits per heavy atom. The van der Waals surface area contributed by atoms with E-state index in [1.54, 1.807) is 0 Å². The van der Waals surface area contributed by atoms with E-state index in [2.05, 4.69) is 33.9 Å². The van der Waals surface area contributed by atoms with Crippen LogP contribution in [0.25, 0.3) is 0 Å². The second-order valence-electron chi connectivity index (χ2n) is 7.11. The smallest absolute Gasteiger partial charge is 0.192 e. The molecule has 2 N–H and O–H groups in total. The minimum absolute atomic E-state index is 0.184. The second kappa shape index (κ2) is 6.03. The molecule has 3 atom stereocenters. The highest BCUT2D eigenvalue weighted by molar-refractivity contribution is 6.74. The quantitative estimate of drug-likeness (QED) is 0.758. The molecule has 0 spiro atoms. The van der Waals surface area contributed by atoms with E-state index in [4.69, 9.17) is 9.53 Å². The minimum Gasteiger partial charge on any atom is -0.414 e. The molecule has 0 aromatic rings. The van der Waals surface area contributed by atoms with Gasteiger partial charge in [-0.15, -0.1) is 0 Å². The molecule has 1 aliphatic rings. The van der Waals surface area contributed by atoms with Gasteiger partial charge in [-0.1, -0.05) is 20.8 Å². The lowest BCUT2D eigenvalue weighted by molar-refractivity contribution is 0.0727. The van der Waals surface area contributed by atoms with Crippen LogP contribution >= 0.6 is 0 Å². The summed E-state index contributed by atoms with van der Waals surface area (Å²) in [4.78, 5) is 0. The summed E-state index contributed by atoms with van der Waals surface area (Å²) >= 11 is 0. The van der Waals surface area contributed by atoms with E-state index in [1.165, 1.54) is 0 Å². The summed E-state index contributed by atoms with van der Waals surface area (Å²) in [5.41, 5.74) is 0. The Morgan fingerprint density at radius 2 is 1.78 bits per heavy atom. The van der Waals surface area contributed by atoms with Crippen molar-refractivity contribution in [2.24, 2.45) is 11.8 Å². The Hall–Kier alpha value is 0.0969. The lowest BCUT2D eigenvalue weighted by Gasteiger charge is -2.40. The van der Waals surface area contributed by atoms with Crippen molar-refractivity contribution in [3.05, 3.63) is 0 Å². The number of hydrogen-bond donors (Lipinski definition) is 2. The van der Waals surface area contributed by atoms with Crippen LogP contribution < -0.4 is 0 Å². The van der Waals surface area contributed by atoms with E-state index < -0.39 is 8.32 Å². The van der Waals surface area contributed by atoms with Gasteiger partial charge in [0.05, 0.1) is 6.10 Å². The lowest BCUT2D eigenvalue weighted by atomic mass is 9.93. The van der Waals surface area contributed by atoms with Crippen molar-refractivity contribution in [1.29, 1.82) is 0 Å². The highest BCUT2D eigenvalue weighted by atomic mass is 28.4. The van der Waals surface area contributed by atoms with Crippen LogP contribution in [0.4, 0.5) is 0 Å². The fraction of sp³-hybridized carbons (Fsp3) is 1.00. The molecule has 0 aromatic heterocycles. The average Bonchev–Trinajstić information content (AvgIpc) is 2.58. The van der Waals surface area contributed by atoms with Gasteiger partial charge in [0.2, 0.25) is 0 Å². The van der Waals surface area contributed by atoms with Gasteiger partial charge in [0.25, 0.3) is 0 Å². The molecule has 1 aliphatic carbocycles. The Kier molecular flexibility index (Phi) is 5.41. The molecule has 3 nitrogen and oxygen atoms in total. The summed E-state index contributed by atoms with van der Waals surface area (Å²) in [7, 11) is -1.75. The predicted octanol–water partition coefficient (Wildman–Crippen LogP) is 2.78. The first-order valence-electron chi connectivity index (χ1n) is 7.12. The van der Waals surface area contributed by atoms with Crippen molar-refractivity contribution in [3.63, 3.8) is 0 Å². The molecular formula is C14H30O3Si. The molecule has 0 radical (unpaired) electrons. The molecule has 0 saturated heterocycles. The summed E-state index contributed by atoms with van der Waals surface area (Å²) in [5, 5.41) is 18.9. The average molecular weight is 274 g/mol. The third kappa shape index (κ3) is 3.56. The third-order valence-corrected chi connectivity index (χ3v) is 9.37. The van der Waals surface area contributed by atoms with Crippen molar-refractivity contribution in [2.45, 2.75) is 64.3 Å². The standard InChI is InChI=1S/C14H30O3Si/c1-14(2,3)18(4,5)17-13-7-6-11(8-9-15)12(13)10-16/h11-13,15-16H,6-10H2,1-5H3/t11-,12+,13-/m0/s1. The molecule has 1 saturated carbocycles. The molecule has 1 fully saturated rings. The predicted molar refractivity (Wildman–Crippen MR) is 77.1 cm³/mol. The molecule has 18 heavy (non-hydrogen) atoms. The maximum absolute atomic E-state index is 9.59. The van der Waals surface area contributed by atoms with Crippen LogP contribution in [-0.4, -0.2) is 37.8 Å². The maximum Gasteiger partial charge on any atom is 0.192 e. The van der Waals surface area contributed by atoms with Crippen LogP contribution in [0, 0.1) is 11.8 Å². The summed E-state index contributed by atoms with van der Waals surface area (Å²) < 4.78 is 6.44. The topological polar surface area (TPSA) is 49.7 Å². The summed E-state index contributed by atoms with van der Waals surface area (Å²) in [6.45, 7) is 11.7. The highest BCUT2D eigenvalue weighted by Gasteiger charge is 2.44. The first kappa shape index (κ1) is 16.2. The Morgan fingerprint density at radius 3 is 2.22 bits per heavy atom. The number of aliphatic hydroxyl groups excluding tert-OH is 2. The Bertz CT molecular complexity index is 260. The first-order valence-corrected chi connectivity index (χ1v) is 10.0. The monoisotopic (exact) mass is 274 g/mol. The fourth-order valence-corrected chi connectivity index (χ4v) is 4.01. The van der Waals surface area contributed by atoms with Gasteiger partial charge >= 0.3 is 0 Å². The molecule has 0 bridgehead atoms. The van der Waals surface area contributed by atoms with Crippen LogP contribution in [-0.2, 0) is 4.43 Å². The van der Waals surface area contributed by atoms with Crippen molar-refractivity contribution in [3.8, 4) is 0 Å². The van der Waals surface area contributed by atoms with E-state index in [0.717, 1.165) is 19.3 Å². The van der Waals surface area contributed by atoms with Gasteiger partial charge < -0.3 is 14.6 Å². The minimum atomic E-state index is -1.75. The van der Waals surface area contributed by atoms with Crippen molar-refractivity contribution in [2.75, 3.05) is 13.2 Å². The van der Waals surface area contributed by atoms with Crippen LogP contribution in [0.2, 0.25) is 18.1 Å². The van der Waals surface area contributed by atoms with Gasteiger partial charge in [-0.2, -0.15) is 0 Å². The van der Waals surface area contributed by atoms with Gasteiger partial charge in [0.1, 0.15) is 0 Å². The van der Waals surface area contributed by atoms with Crippen LogP contribution in [0.1, 0.15) is 40.0 Å². The summed E-state index contributed by atoms with van der Waals surface area (Å²) in [5.74, 6) is 0.640. The molecule has 0 aliphatic heterocycles. The van der Waals surface area contributed by atoms with E-state index in [9.17, 15) is 5.11 Å². The molecule has 1 rings (SSSR count). The Balaban J connectivity index is 2.68. The van der Waals surface area contributed by atoms with E-state index in [-0.39, 0.29) is 30.3 Å². The number of aliphatic hydroxyl groups is 2. The van der Waals surface area contributed by atoms with Gasteiger partial charge in [0.15, 0.2) is 8.32 Å². The molecule has 0 unspecified atom stereocenters. The zero-order valence-corrected chi connectivity index (χ0v) is 13.6. The van der Waals surface area contributed by atoms with E-state index in [0.29, 0.717) is 5.92 Å². The van der Waals surface area contributed by atoms with Crippen molar-refractivity contribution in [1.82, 2.24) is 0 Å². The maximum atomic E-state index is 9.59. The molecule has 0 amide bonds. The van der Waals surface area contributed by atoms with Crippen LogP contribution in [0.5, 0.6) is 0 Å². The fourth-order valence-electron chi connectivity index (χ4n) is 2.60. The molecule has 4 heteroatoms. The van der Waals surface area contributed by atoms with Crippen LogP contribution in [0.15, 0.2) is 0 Å². The normalized spacial score (nSPS) is 29.8. The SMILES string of the molecule is CC(C)(C)[Si](C)(C)O[C@H]1CC[C@@H](CCO)[C@H]1CO. The van der Waals surface area contributed by atoms with Crippen molar-refractivity contribution < 1.29 is 14.6 Å². The van der Waals surface area contributed by atoms with E-state index in [1.807, 2.05) is 0 Å². The van der Waals surface area contributed by atoms with Crippen LogP contribution in [0.3, 0.4) is 0 Å². The number of hydrogen-bond acceptors (Lipinski definition) is 3. The molecule has 108 valence electrons. The number of rotatable bonds is 5. The zero-order valence-electron chi connectivity index (χ0n) is 12.6. The third-order valence-electron chi connectivity index (χ3n) is 4.87. The van der Waals surface area contributed by atoms with Gasteiger partial charge in [-0.05, 0) is 43.3 Å². The zero-order chi connectivity index (χ0) is 14.0. The molecular weight excluding hydrogens is 244 g/mol. The largest absolute Gasteiger partial charge is 0.414 e. The second-order valence-corrected chi connectivity index (χ2v) is 11.9. The molecule has 0 aromatic carbocycles. The van der Waals surface area contributed by atoms with Gasteiger partial charge in [-0.25, -0.2) is 0 Å². The summed E-state index contributed by atoms with van der Waals surface area (Å²) in [6.07, 6.45) is 3.09. The van der Waals surface area contributed by atoms with Gasteiger partial charge in [0, 0.05) is 19.1 Å². The van der Waals surface area contributed by atoms with Gasteiger partial charge in [-0.3, -0.25) is 0 Å². The van der Waals surface area contributed by atoms with E-state index >= 15 is 0 Å². The Labute approximate surface area is 113 Å². The lowest BCUT2D eigenvalue weighted by Crippen LogP contribution is -2.45. The van der Waals surface area contributed by atoms with Crippen molar-refractivity contribution >= 4 is 8.32 Å². The summed E-state index contributed by atoms with van der Waals surface area (Å²) in [6, 6.07) is 0.